The molecule has 0 spiro atoms. The molecule has 2 fully saturated rings. The molecule has 118 valence electrons. The van der Waals surface area contributed by atoms with Gasteiger partial charge in [-0.3, -0.25) is 9.58 Å². The summed E-state index contributed by atoms with van der Waals surface area (Å²) in [6.07, 6.45) is 8.83. The standard InChI is InChI=1S/C17H30N4/c1-14(2)11-16-13-20(10-8-18-16)12-15-7-9-21(19-15)17-5-3-4-6-17/h7,9,14,16-18H,3-6,8,10-13H2,1-2H3. The van der Waals surface area contributed by atoms with Crippen LogP contribution in [0.1, 0.15) is 57.7 Å². The van der Waals surface area contributed by atoms with Crippen LogP contribution in [0.2, 0.25) is 0 Å². The lowest BCUT2D eigenvalue weighted by Crippen LogP contribution is -2.50. The van der Waals surface area contributed by atoms with E-state index >= 15 is 0 Å². The topological polar surface area (TPSA) is 33.1 Å². The summed E-state index contributed by atoms with van der Waals surface area (Å²) >= 11 is 0. The van der Waals surface area contributed by atoms with Crippen LogP contribution in [0.25, 0.3) is 0 Å². The Kier molecular flexibility index (Phi) is 4.96. The molecule has 1 atom stereocenters. The first-order valence-corrected chi connectivity index (χ1v) is 8.70. The van der Waals surface area contributed by atoms with E-state index in [9.17, 15) is 0 Å². The van der Waals surface area contributed by atoms with E-state index in [1.165, 1.54) is 37.8 Å². The largest absolute Gasteiger partial charge is 0.311 e. The van der Waals surface area contributed by atoms with E-state index in [1.54, 1.807) is 0 Å². The van der Waals surface area contributed by atoms with Crippen molar-refractivity contribution < 1.29 is 0 Å². The minimum absolute atomic E-state index is 0.649. The summed E-state index contributed by atoms with van der Waals surface area (Å²) in [5, 5.41) is 8.48. The average Bonchev–Trinajstić information content (AvgIpc) is 3.08. The van der Waals surface area contributed by atoms with Gasteiger partial charge in [-0.15, -0.1) is 0 Å². The van der Waals surface area contributed by atoms with Gasteiger partial charge in [0, 0.05) is 38.4 Å². The first-order valence-electron chi connectivity index (χ1n) is 8.70. The molecule has 4 heteroatoms. The highest BCUT2D eigenvalue weighted by Crippen LogP contribution is 2.28. The Bertz CT molecular complexity index is 434. The molecule has 1 N–H and O–H groups in total. The van der Waals surface area contributed by atoms with Crippen LogP contribution in [0.15, 0.2) is 12.3 Å². The van der Waals surface area contributed by atoms with Crippen molar-refractivity contribution in [2.24, 2.45) is 5.92 Å². The summed E-state index contributed by atoms with van der Waals surface area (Å²) in [5.41, 5.74) is 1.24. The number of nitrogens with zero attached hydrogens (tertiary/aromatic N) is 3. The van der Waals surface area contributed by atoms with Crippen molar-refractivity contribution in [3.8, 4) is 0 Å². The Labute approximate surface area is 128 Å². The molecule has 1 aromatic rings. The van der Waals surface area contributed by atoms with Crippen molar-refractivity contribution in [1.29, 1.82) is 0 Å². The Morgan fingerprint density at radius 1 is 1.33 bits per heavy atom. The maximum Gasteiger partial charge on any atom is 0.0764 e. The van der Waals surface area contributed by atoms with Gasteiger partial charge in [-0.1, -0.05) is 26.7 Å². The van der Waals surface area contributed by atoms with Gasteiger partial charge in [-0.2, -0.15) is 5.10 Å². The van der Waals surface area contributed by atoms with Gasteiger partial charge < -0.3 is 5.32 Å². The molecule has 0 aromatic carbocycles. The van der Waals surface area contributed by atoms with Gasteiger partial charge in [0.1, 0.15) is 0 Å². The lowest BCUT2D eigenvalue weighted by atomic mass is 10.0. The fraction of sp³-hybridized carbons (Fsp3) is 0.824. The molecule has 1 aliphatic heterocycles. The predicted octanol–water partition coefficient (Wildman–Crippen LogP) is 2.82. The molecule has 0 amide bonds. The molecule has 21 heavy (non-hydrogen) atoms. The van der Waals surface area contributed by atoms with Crippen LogP contribution < -0.4 is 5.32 Å². The highest BCUT2D eigenvalue weighted by atomic mass is 15.3. The first-order chi connectivity index (χ1) is 10.2. The van der Waals surface area contributed by atoms with Gasteiger partial charge in [0.2, 0.25) is 0 Å². The van der Waals surface area contributed by atoms with Crippen molar-refractivity contribution in [3.05, 3.63) is 18.0 Å². The van der Waals surface area contributed by atoms with Gasteiger partial charge in [-0.25, -0.2) is 0 Å². The fourth-order valence-electron chi connectivity index (χ4n) is 3.83. The predicted molar refractivity (Wildman–Crippen MR) is 86.3 cm³/mol. The second-order valence-corrected chi connectivity index (χ2v) is 7.24. The number of piperazine rings is 1. The Hall–Kier alpha value is -0.870. The van der Waals surface area contributed by atoms with Gasteiger partial charge >= 0.3 is 0 Å². The third-order valence-corrected chi connectivity index (χ3v) is 4.84. The van der Waals surface area contributed by atoms with Crippen LogP contribution in [0.5, 0.6) is 0 Å². The lowest BCUT2D eigenvalue weighted by Gasteiger charge is -2.34. The summed E-state index contributed by atoms with van der Waals surface area (Å²) < 4.78 is 2.22. The van der Waals surface area contributed by atoms with E-state index in [2.05, 4.69) is 41.0 Å². The lowest BCUT2D eigenvalue weighted by molar-refractivity contribution is 0.177. The highest BCUT2D eigenvalue weighted by molar-refractivity contribution is 5.01. The monoisotopic (exact) mass is 290 g/mol. The molecule has 4 nitrogen and oxygen atoms in total. The summed E-state index contributed by atoms with van der Waals surface area (Å²) in [5.74, 6) is 0.768. The second-order valence-electron chi connectivity index (χ2n) is 7.24. The highest BCUT2D eigenvalue weighted by Gasteiger charge is 2.22. The fourth-order valence-corrected chi connectivity index (χ4v) is 3.83. The van der Waals surface area contributed by atoms with E-state index in [1.807, 2.05) is 0 Å². The zero-order chi connectivity index (χ0) is 14.7. The Morgan fingerprint density at radius 3 is 2.90 bits per heavy atom. The number of hydrogen-bond donors (Lipinski definition) is 1. The molecule has 2 aliphatic rings. The minimum Gasteiger partial charge on any atom is -0.311 e. The Morgan fingerprint density at radius 2 is 2.14 bits per heavy atom. The minimum atomic E-state index is 0.649. The van der Waals surface area contributed by atoms with Crippen LogP contribution in [-0.2, 0) is 6.54 Å². The van der Waals surface area contributed by atoms with E-state index in [-0.39, 0.29) is 0 Å². The molecule has 0 radical (unpaired) electrons. The van der Waals surface area contributed by atoms with E-state index in [0.29, 0.717) is 12.1 Å². The van der Waals surface area contributed by atoms with E-state index in [4.69, 9.17) is 5.10 Å². The van der Waals surface area contributed by atoms with Crippen LogP contribution in [-0.4, -0.2) is 40.4 Å². The molecule has 0 bridgehead atoms. The van der Waals surface area contributed by atoms with Gasteiger partial charge in [0.15, 0.2) is 0 Å². The van der Waals surface area contributed by atoms with Crippen molar-refractivity contribution in [1.82, 2.24) is 20.0 Å². The molecule has 1 unspecified atom stereocenters. The third kappa shape index (κ3) is 4.07. The number of aromatic nitrogens is 2. The molecule has 2 heterocycles. The average molecular weight is 290 g/mol. The van der Waals surface area contributed by atoms with Gasteiger partial charge in [0.05, 0.1) is 11.7 Å². The van der Waals surface area contributed by atoms with Crippen molar-refractivity contribution in [3.63, 3.8) is 0 Å². The summed E-state index contributed by atoms with van der Waals surface area (Å²) in [4.78, 5) is 2.56. The molecular formula is C17H30N4. The van der Waals surface area contributed by atoms with Gasteiger partial charge in [-0.05, 0) is 31.2 Å². The molecule has 1 aromatic heterocycles. The summed E-state index contributed by atoms with van der Waals surface area (Å²) in [7, 11) is 0. The molecule has 1 aliphatic carbocycles. The first kappa shape index (κ1) is 15.0. The van der Waals surface area contributed by atoms with Gasteiger partial charge in [0.25, 0.3) is 0 Å². The number of hydrogen-bond acceptors (Lipinski definition) is 3. The quantitative estimate of drug-likeness (QED) is 0.905. The van der Waals surface area contributed by atoms with Crippen LogP contribution in [0.3, 0.4) is 0 Å². The maximum atomic E-state index is 4.83. The molecule has 3 rings (SSSR count). The number of rotatable bonds is 5. The van der Waals surface area contributed by atoms with Crippen molar-refractivity contribution in [2.45, 2.75) is 64.6 Å². The third-order valence-electron chi connectivity index (χ3n) is 4.84. The van der Waals surface area contributed by atoms with Crippen molar-refractivity contribution >= 4 is 0 Å². The normalized spacial score (nSPS) is 25.0. The van der Waals surface area contributed by atoms with Crippen LogP contribution >= 0.6 is 0 Å². The summed E-state index contributed by atoms with van der Waals surface area (Å²) in [6.45, 7) is 9.05. The molecule has 1 saturated carbocycles. The maximum absolute atomic E-state index is 4.83. The zero-order valence-corrected chi connectivity index (χ0v) is 13.6. The van der Waals surface area contributed by atoms with E-state index < -0.39 is 0 Å². The summed E-state index contributed by atoms with van der Waals surface area (Å²) in [6, 6.07) is 3.53. The van der Waals surface area contributed by atoms with Crippen LogP contribution in [0.4, 0.5) is 0 Å². The SMILES string of the molecule is CC(C)CC1CN(Cc2ccn(C3CCCC3)n2)CCN1. The Balaban J connectivity index is 1.53. The smallest absolute Gasteiger partial charge is 0.0764 e. The second kappa shape index (κ2) is 6.93. The molecular weight excluding hydrogens is 260 g/mol. The molecule has 1 saturated heterocycles. The van der Waals surface area contributed by atoms with Crippen LogP contribution in [0, 0.1) is 5.92 Å². The van der Waals surface area contributed by atoms with Crippen molar-refractivity contribution in [2.75, 3.05) is 19.6 Å². The zero-order valence-electron chi connectivity index (χ0n) is 13.6. The van der Waals surface area contributed by atoms with E-state index in [0.717, 1.165) is 32.1 Å². The number of nitrogens with one attached hydrogen (secondary N) is 1.